The van der Waals surface area contributed by atoms with Crippen molar-refractivity contribution in [1.82, 2.24) is 9.97 Å². The van der Waals surface area contributed by atoms with Gasteiger partial charge < -0.3 is 14.8 Å². The number of nitrogens with one attached hydrogen (secondary N) is 2. The molecule has 1 heterocycles. The largest absolute Gasteiger partial charge is 0.497 e. The van der Waals surface area contributed by atoms with Gasteiger partial charge in [-0.3, -0.25) is 4.79 Å². The molecule has 0 amide bonds. The number of anilines is 2. The van der Waals surface area contributed by atoms with Crippen LogP contribution in [0.1, 0.15) is 21.7 Å². The Morgan fingerprint density at radius 3 is 2.21 bits per heavy atom. The number of ketones is 1. The van der Waals surface area contributed by atoms with E-state index in [9.17, 15) is 13.2 Å². The third-order valence-electron chi connectivity index (χ3n) is 4.53. The molecule has 0 saturated carbocycles. The number of rotatable bonds is 9. The predicted octanol–water partition coefficient (Wildman–Crippen LogP) is 3.72. The average Bonchev–Trinajstić information content (AvgIpc) is 2.77. The number of allylic oxidation sites excluding steroid dienone is 1. The van der Waals surface area contributed by atoms with Crippen LogP contribution >= 0.6 is 0 Å². The van der Waals surface area contributed by atoms with Crippen molar-refractivity contribution in [3.05, 3.63) is 77.8 Å². The lowest BCUT2D eigenvalue weighted by molar-refractivity contribution is 0.104. The van der Waals surface area contributed by atoms with Gasteiger partial charge >= 0.3 is 0 Å². The number of hydrogen-bond acceptors (Lipinski definition) is 8. The topological polar surface area (TPSA) is 120 Å². The van der Waals surface area contributed by atoms with Crippen LogP contribution in [0.4, 0.5) is 11.6 Å². The van der Waals surface area contributed by atoms with Gasteiger partial charge in [0.25, 0.3) is 10.0 Å². The van der Waals surface area contributed by atoms with Crippen LogP contribution in [0.2, 0.25) is 0 Å². The van der Waals surface area contributed by atoms with E-state index >= 15 is 0 Å². The standard InChI is InChI=1S/C23H24N4O5S/c1-15-13-16(2)26-23(25-15)27-33(29,30)19-8-5-17(6-9-19)24-12-11-21(28)20-10-7-18(31-3)14-22(20)32-4/h5-14,24H,1-4H3,(H,25,26,27)/b12-11-. The Kier molecular flexibility index (Phi) is 7.29. The van der Waals surface area contributed by atoms with Gasteiger partial charge in [0.05, 0.1) is 24.7 Å². The molecule has 0 aliphatic heterocycles. The van der Waals surface area contributed by atoms with Gasteiger partial charge in [0.2, 0.25) is 5.95 Å². The molecule has 3 rings (SSSR count). The zero-order valence-electron chi connectivity index (χ0n) is 18.6. The fraction of sp³-hybridized carbons (Fsp3) is 0.174. The Morgan fingerprint density at radius 1 is 0.939 bits per heavy atom. The van der Waals surface area contributed by atoms with Crippen molar-refractivity contribution in [3.8, 4) is 11.5 Å². The number of aryl methyl sites for hydroxylation is 2. The lowest BCUT2D eigenvalue weighted by atomic mass is 10.1. The van der Waals surface area contributed by atoms with Crippen molar-refractivity contribution >= 4 is 27.4 Å². The van der Waals surface area contributed by atoms with Gasteiger partial charge in [0.15, 0.2) is 5.78 Å². The van der Waals surface area contributed by atoms with E-state index in [0.717, 1.165) is 0 Å². The number of benzene rings is 2. The summed E-state index contributed by atoms with van der Waals surface area (Å²) in [4.78, 5) is 20.7. The van der Waals surface area contributed by atoms with Crippen molar-refractivity contribution in [3.63, 3.8) is 0 Å². The van der Waals surface area contributed by atoms with Gasteiger partial charge in [-0.15, -0.1) is 0 Å². The van der Waals surface area contributed by atoms with Crippen LogP contribution in [0.3, 0.4) is 0 Å². The predicted molar refractivity (Wildman–Crippen MR) is 125 cm³/mol. The van der Waals surface area contributed by atoms with Gasteiger partial charge in [0, 0.05) is 35.4 Å². The molecule has 2 N–H and O–H groups in total. The second kappa shape index (κ2) is 10.1. The van der Waals surface area contributed by atoms with E-state index in [4.69, 9.17) is 9.47 Å². The first-order valence-corrected chi connectivity index (χ1v) is 11.3. The molecule has 33 heavy (non-hydrogen) atoms. The van der Waals surface area contributed by atoms with Crippen molar-refractivity contribution in [2.45, 2.75) is 18.7 Å². The molecular formula is C23H24N4O5S. The van der Waals surface area contributed by atoms with Gasteiger partial charge in [-0.1, -0.05) is 0 Å². The van der Waals surface area contributed by atoms with Crippen molar-refractivity contribution in [2.75, 3.05) is 24.3 Å². The summed E-state index contributed by atoms with van der Waals surface area (Å²) in [6.07, 6.45) is 2.82. The third-order valence-corrected chi connectivity index (χ3v) is 5.88. The first-order chi connectivity index (χ1) is 15.7. The second-order valence-electron chi connectivity index (χ2n) is 7.01. The highest BCUT2D eigenvalue weighted by Gasteiger charge is 2.16. The molecule has 9 nitrogen and oxygen atoms in total. The molecule has 0 spiro atoms. The Bertz CT molecular complexity index is 1270. The maximum absolute atomic E-state index is 12.6. The highest BCUT2D eigenvalue weighted by molar-refractivity contribution is 7.92. The van der Waals surface area contributed by atoms with Crippen molar-refractivity contribution in [1.29, 1.82) is 0 Å². The number of aromatic nitrogens is 2. The van der Waals surface area contributed by atoms with E-state index < -0.39 is 10.0 Å². The Balaban J connectivity index is 1.67. The van der Waals surface area contributed by atoms with Crippen molar-refractivity contribution in [2.24, 2.45) is 0 Å². The number of sulfonamides is 1. The minimum atomic E-state index is -3.85. The molecule has 3 aromatic rings. The number of carbonyl (C=O) groups excluding carboxylic acids is 1. The summed E-state index contributed by atoms with van der Waals surface area (Å²) >= 11 is 0. The molecule has 0 atom stereocenters. The maximum Gasteiger partial charge on any atom is 0.264 e. The number of ether oxygens (including phenoxy) is 2. The summed E-state index contributed by atoms with van der Waals surface area (Å²) in [6.45, 7) is 3.52. The molecule has 0 bridgehead atoms. The monoisotopic (exact) mass is 468 g/mol. The third kappa shape index (κ3) is 6.07. The molecule has 1 aromatic heterocycles. The fourth-order valence-electron chi connectivity index (χ4n) is 2.99. The Hall–Kier alpha value is -3.92. The Morgan fingerprint density at radius 2 is 1.61 bits per heavy atom. The van der Waals surface area contributed by atoms with Crippen LogP contribution in [-0.4, -0.2) is 38.4 Å². The maximum atomic E-state index is 12.6. The second-order valence-corrected chi connectivity index (χ2v) is 8.69. The van der Waals surface area contributed by atoms with Gasteiger partial charge in [0.1, 0.15) is 11.5 Å². The van der Waals surface area contributed by atoms with Crippen LogP contribution in [0.25, 0.3) is 0 Å². The van der Waals surface area contributed by atoms with Crippen LogP contribution in [0.5, 0.6) is 11.5 Å². The summed E-state index contributed by atoms with van der Waals surface area (Å²) in [6, 6.07) is 12.7. The van der Waals surface area contributed by atoms with E-state index in [1.807, 2.05) is 0 Å². The fourth-order valence-corrected chi connectivity index (χ4v) is 3.93. The van der Waals surface area contributed by atoms with E-state index in [2.05, 4.69) is 20.0 Å². The first kappa shape index (κ1) is 23.7. The van der Waals surface area contributed by atoms with E-state index in [1.54, 1.807) is 50.2 Å². The lowest BCUT2D eigenvalue weighted by Crippen LogP contribution is -2.15. The molecule has 0 fully saturated rings. The summed E-state index contributed by atoms with van der Waals surface area (Å²) in [5, 5.41) is 2.94. The quantitative estimate of drug-likeness (QED) is 0.360. The molecule has 0 aliphatic carbocycles. The normalized spacial score (nSPS) is 11.3. The number of hydrogen-bond donors (Lipinski definition) is 2. The van der Waals surface area contributed by atoms with E-state index in [0.29, 0.717) is 34.1 Å². The van der Waals surface area contributed by atoms with E-state index in [1.165, 1.54) is 38.6 Å². The van der Waals surface area contributed by atoms with E-state index in [-0.39, 0.29) is 16.6 Å². The minimum Gasteiger partial charge on any atom is -0.497 e. The van der Waals surface area contributed by atoms with Gasteiger partial charge in [-0.05, 0) is 56.3 Å². The summed E-state index contributed by atoms with van der Waals surface area (Å²) in [7, 11) is -0.838. The number of carbonyl (C=O) groups is 1. The Labute approximate surface area is 192 Å². The zero-order chi connectivity index (χ0) is 24.0. The molecule has 0 saturated heterocycles. The molecule has 10 heteroatoms. The molecular weight excluding hydrogens is 444 g/mol. The molecule has 0 unspecified atom stereocenters. The average molecular weight is 469 g/mol. The SMILES string of the molecule is COc1ccc(C(=O)/C=C\Nc2ccc(S(=O)(=O)Nc3nc(C)cc(C)n3)cc2)c(OC)c1. The van der Waals surface area contributed by atoms with Crippen LogP contribution < -0.4 is 19.5 Å². The van der Waals surface area contributed by atoms with Gasteiger partial charge in [-0.25, -0.2) is 23.1 Å². The summed E-state index contributed by atoms with van der Waals surface area (Å²) in [5.41, 5.74) is 2.31. The summed E-state index contributed by atoms with van der Waals surface area (Å²) < 4.78 is 38.0. The molecule has 2 aromatic carbocycles. The highest BCUT2D eigenvalue weighted by Crippen LogP contribution is 2.25. The molecule has 0 radical (unpaired) electrons. The van der Waals surface area contributed by atoms with Crippen LogP contribution in [-0.2, 0) is 10.0 Å². The first-order valence-electron chi connectivity index (χ1n) is 9.86. The molecule has 0 aliphatic rings. The number of nitrogens with zero attached hydrogens (tertiary/aromatic N) is 2. The zero-order valence-corrected chi connectivity index (χ0v) is 19.4. The van der Waals surface area contributed by atoms with Crippen LogP contribution in [0.15, 0.2) is 65.7 Å². The molecule has 172 valence electrons. The minimum absolute atomic E-state index is 0.0186. The number of methoxy groups -OCH3 is 2. The summed E-state index contributed by atoms with van der Waals surface area (Å²) in [5.74, 6) is 0.738. The van der Waals surface area contributed by atoms with Gasteiger partial charge in [-0.2, -0.15) is 0 Å². The van der Waals surface area contributed by atoms with Crippen LogP contribution in [0, 0.1) is 13.8 Å². The highest BCUT2D eigenvalue weighted by atomic mass is 32.2. The smallest absolute Gasteiger partial charge is 0.264 e. The lowest BCUT2D eigenvalue weighted by Gasteiger charge is -2.09. The van der Waals surface area contributed by atoms with Crippen molar-refractivity contribution < 1.29 is 22.7 Å².